The zero-order chi connectivity index (χ0) is 3.54. The highest BCUT2D eigenvalue weighted by Gasteiger charge is 1.86. The van der Waals surface area contributed by atoms with Crippen LogP contribution < -0.4 is 0 Å². The Labute approximate surface area is 38.7 Å². The summed E-state index contributed by atoms with van der Waals surface area (Å²) in [5, 5.41) is 0. The van der Waals surface area contributed by atoms with E-state index in [9.17, 15) is 0 Å². The van der Waals surface area contributed by atoms with E-state index in [2.05, 4.69) is 4.36 Å². The van der Waals surface area contributed by atoms with Crippen LogP contribution in [0, 0.1) is 6.54 Å². The maximum Gasteiger partial charge on any atom is 0.0911 e. The first-order chi connectivity index (χ1) is 2.50. The molecule has 1 nitrogen and oxygen atoms in total. The van der Waals surface area contributed by atoms with E-state index in [1.807, 2.05) is 17.3 Å². The number of rotatable bonds is 0. The van der Waals surface area contributed by atoms with Gasteiger partial charge < -0.3 is 0 Å². The van der Waals surface area contributed by atoms with Gasteiger partial charge in [-0.15, -0.1) is 0 Å². The Bertz CT molecular complexity index is 45.6. The number of hydrogen-bond donors (Lipinski definition) is 1. The SMILES string of the molecule is [CH]1CS[SH]=N1. The normalized spacial score (nSPS) is 22.4. The van der Waals surface area contributed by atoms with Crippen molar-refractivity contribution in [3.8, 4) is 0 Å². The summed E-state index contributed by atoms with van der Waals surface area (Å²) < 4.78 is 3.89. The molecule has 1 heterocycles. The quantitative estimate of drug-likeness (QED) is 0.356. The van der Waals surface area contributed by atoms with Crippen LogP contribution in [0.4, 0.5) is 0 Å². The molecule has 0 unspecified atom stereocenters. The Morgan fingerprint density at radius 2 is 3.00 bits per heavy atom. The van der Waals surface area contributed by atoms with Crippen LogP contribution in [0.1, 0.15) is 0 Å². The van der Waals surface area contributed by atoms with Gasteiger partial charge in [-0.2, -0.15) is 0 Å². The van der Waals surface area contributed by atoms with Gasteiger partial charge in [-0.25, -0.2) is 0 Å². The summed E-state index contributed by atoms with van der Waals surface area (Å²) in [5.74, 6) is 1.11. The lowest BCUT2D eigenvalue weighted by molar-refractivity contribution is 1.39. The van der Waals surface area contributed by atoms with Crippen LogP contribution in [0.25, 0.3) is 0 Å². The van der Waals surface area contributed by atoms with E-state index in [4.69, 9.17) is 0 Å². The summed E-state index contributed by atoms with van der Waals surface area (Å²) in [6, 6.07) is 0. The maximum atomic E-state index is 3.89. The zero-order valence-electron chi connectivity index (χ0n) is 2.59. The third-order valence-electron chi connectivity index (χ3n) is 0.336. The van der Waals surface area contributed by atoms with Crippen LogP contribution in [0.15, 0.2) is 4.36 Å². The standard InChI is InChI=1S/C2H4NS2/c1-2-4-5-3-1/h1,5H,2H2. The van der Waals surface area contributed by atoms with E-state index in [0.717, 1.165) is 5.75 Å². The fourth-order valence-electron chi connectivity index (χ4n) is 0.167. The molecular formula is C2H4NS2. The molecule has 1 aliphatic heterocycles. The van der Waals surface area contributed by atoms with E-state index in [0.29, 0.717) is 0 Å². The van der Waals surface area contributed by atoms with E-state index in [1.165, 1.54) is 10.6 Å². The first kappa shape index (κ1) is 3.68. The molecule has 0 fully saturated rings. The Balaban J connectivity index is 2.32. The lowest BCUT2D eigenvalue weighted by Gasteiger charge is -1.65. The molecule has 29 valence electrons. The van der Waals surface area contributed by atoms with Crippen molar-refractivity contribution in [3.05, 3.63) is 6.54 Å². The summed E-state index contributed by atoms with van der Waals surface area (Å²) in [6.45, 7) is 1.94. The maximum absolute atomic E-state index is 3.89. The van der Waals surface area contributed by atoms with E-state index in [-0.39, 0.29) is 0 Å². The molecule has 1 rings (SSSR count). The van der Waals surface area contributed by atoms with Crippen molar-refractivity contribution in [1.82, 2.24) is 0 Å². The second-order valence-electron chi connectivity index (χ2n) is 0.675. The Hall–Kier alpha value is 0.500. The van der Waals surface area contributed by atoms with Gasteiger partial charge in [-0.3, -0.25) is 4.36 Å². The summed E-state index contributed by atoms with van der Waals surface area (Å²) in [7, 11) is 3.00. The fourth-order valence-corrected chi connectivity index (χ4v) is 1.50. The highest BCUT2D eigenvalue weighted by molar-refractivity contribution is 8.62. The van der Waals surface area contributed by atoms with Gasteiger partial charge in [-0.1, -0.05) is 21.4 Å². The molecule has 3 heteroatoms. The molecule has 0 saturated heterocycles. The predicted molar refractivity (Wildman–Crippen MR) is 27.9 cm³/mol. The molecule has 0 aromatic carbocycles. The molecule has 0 bridgehead atoms. The van der Waals surface area contributed by atoms with Crippen molar-refractivity contribution >= 4 is 21.4 Å². The second kappa shape index (κ2) is 1.82. The zero-order valence-corrected chi connectivity index (χ0v) is 4.30. The molecule has 0 amide bonds. The van der Waals surface area contributed by atoms with Crippen molar-refractivity contribution in [2.45, 2.75) is 0 Å². The van der Waals surface area contributed by atoms with E-state index in [1.54, 1.807) is 0 Å². The Morgan fingerprint density at radius 1 is 2.00 bits per heavy atom. The fraction of sp³-hybridized carbons (Fsp3) is 0.500. The lowest BCUT2D eigenvalue weighted by atomic mass is 10.8. The topological polar surface area (TPSA) is 12.4 Å². The van der Waals surface area contributed by atoms with Gasteiger partial charge in [0.25, 0.3) is 0 Å². The highest BCUT2D eigenvalue weighted by Crippen LogP contribution is 2.08. The van der Waals surface area contributed by atoms with Crippen molar-refractivity contribution < 1.29 is 0 Å². The smallest absolute Gasteiger partial charge is 0.0911 e. The third kappa shape index (κ3) is 0.930. The van der Waals surface area contributed by atoms with E-state index < -0.39 is 0 Å². The van der Waals surface area contributed by atoms with Gasteiger partial charge in [0.15, 0.2) is 0 Å². The average molecular weight is 106 g/mol. The first-order valence-corrected chi connectivity index (χ1v) is 3.78. The second-order valence-corrected chi connectivity index (χ2v) is 2.93. The molecule has 0 N–H and O–H groups in total. The molecule has 0 aromatic rings. The molecule has 5 heavy (non-hydrogen) atoms. The summed E-state index contributed by atoms with van der Waals surface area (Å²) in [6.07, 6.45) is 0. The molecule has 0 atom stereocenters. The summed E-state index contributed by atoms with van der Waals surface area (Å²) in [4.78, 5) is 0. The van der Waals surface area contributed by atoms with Crippen LogP contribution in [-0.2, 0) is 10.6 Å². The summed E-state index contributed by atoms with van der Waals surface area (Å²) >= 11 is 0. The van der Waals surface area contributed by atoms with Crippen molar-refractivity contribution in [3.63, 3.8) is 0 Å². The molecular weight excluding hydrogens is 102 g/mol. The van der Waals surface area contributed by atoms with Crippen LogP contribution >= 0.6 is 10.8 Å². The lowest BCUT2D eigenvalue weighted by Crippen LogP contribution is -1.58. The largest absolute Gasteiger partial charge is 0.251 e. The van der Waals surface area contributed by atoms with Gasteiger partial charge in [0.2, 0.25) is 0 Å². The monoisotopic (exact) mass is 106 g/mol. The molecule has 1 radical (unpaired) electrons. The molecule has 0 saturated carbocycles. The Morgan fingerprint density at radius 3 is 3.20 bits per heavy atom. The number of hydrogen-bond acceptors (Lipinski definition) is 2. The number of nitrogens with zero attached hydrogens (tertiary/aromatic N) is 1. The van der Waals surface area contributed by atoms with E-state index >= 15 is 0 Å². The third-order valence-corrected chi connectivity index (χ3v) is 2.08. The molecule has 0 aliphatic carbocycles. The van der Waals surface area contributed by atoms with Gasteiger partial charge >= 0.3 is 0 Å². The number of thiol groups is 1. The minimum atomic E-state index is 1.11. The predicted octanol–water partition coefficient (Wildman–Crippen LogP) is 0.808. The Kier molecular flexibility index (Phi) is 1.34. The van der Waals surface area contributed by atoms with Crippen molar-refractivity contribution in [2.24, 2.45) is 4.36 Å². The minimum absolute atomic E-state index is 1.11. The van der Waals surface area contributed by atoms with Gasteiger partial charge in [-0.05, 0) is 0 Å². The van der Waals surface area contributed by atoms with Crippen LogP contribution in [-0.4, -0.2) is 5.75 Å². The van der Waals surface area contributed by atoms with Crippen LogP contribution in [0.2, 0.25) is 0 Å². The summed E-state index contributed by atoms with van der Waals surface area (Å²) in [5.41, 5.74) is 0. The van der Waals surface area contributed by atoms with Crippen LogP contribution in [0.3, 0.4) is 0 Å². The molecule has 0 spiro atoms. The van der Waals surface area contributed by atoms with Crippen LogP contribution in [0.5, 0.6) is 0 Å². The average Bonchev–Trinajstić information content (AvgIpc) is 1.76. The molecule has 0 aromatic heterocycles. The van der Waals surface area contributed by atoms with Gasteiger partial charge in [0.05, 0.1) is 6.54 Å². The van der Waals surface area contributed by atoms with Gasteiger partial charge in [0, 0.05) is 5.75 Å². The molecule has 1 aliphatic rings. The minimum Gasteiger partial charge on any atom is -0.251 e. The highest BCUT2D eigenvalue weighted by atomic mass is 33.1. The van der Waals surface area contributed by atoms with Crippen molar-refractivity contribution in [1.29, 1.82) is 0 Å². The first-order valence-electron chi connectivity index (χ1n) is 1.34. The van der Waals surface area contributed by atoms with Crippen molar-refractivity contribution in [2.75, 3.05) is 5.75 Å². The van der Waals surface area contributed by atoms with Gasteiger partial charge in [0.1, 0.15) is 0 Å².